The summed E-state index contributed by atoms with van der Waals surface area (Å²) < 4.78 is 26.0. The third kappa shape index (κ3) is 1.51. The van der Waals surface area contributed by atoms with Crippen LogP contribution in [0.25, 0.3) is 0 Å². The number of hydrogen-bond donors (Lipinski definition) is 0. The quantitative estimate of drug-likeness (QED) is 0.587. The second-order valence-corrected chi connectivity index (χ2v) is 3.07. The predicted octanol–water partition coefficient (Wildman–Crippen LogP) is 2.90. The van der Waals surface area contributed by atoms with E-state index in [1.165, 1.54) is 0 Å². The Balaban J connectivity index is 3.71. The topological polar surface area (TPSA) is 34.1 Å². The number of carbonyl (C=O) groups is 2. The number of benzene rings is 1. The van der Waals surface area contributed by atoms with Crippen molar-refractivity contribution in [2.75, 3.05) is 0 Å². The highest BCUT2D eigenvalue weighted by Crippen LogP contribution is 2.32. The molecule has 0 bridgehead atoms. The Labute approximate surface area is 87.4 Å². The predicted molar refractivity (Wildman–Crippen MR) is 47.2 cm³/mol. The average molecular weight is 239 g/mol. The first-order valence-electron chi connectivity index (χ1n) is 3.30. The number of carbonyl (C=O) groups excluding carboxylic acids is 2. The highest BCUT2D eigenvalue weighted by atomic mass is 35.5. The van der Waals surface area contributed by atoms with Gasteiger partial charge >= 0.3 is 0 Å². The van der Waals surface area contributed by atoms with Gasteiger partial charge in [0.15, 0.2) is 24.2 Å². The zero-order valence-corrected chi connectivity index (χ0v) is 7.99. The van der Waals surface area contributed by atoms with Gasteiger partial charge in [0.25, 0.3) is 0 Å². The summed E-state index contributed by atoms with van der Waals surface area (Å²) in [5.74, 6) is -2.95. The fourth-order valence-corrected chi connectivity index (χ4v) is 1.33. The second kappa shape index (κ2) is 4.02. The lowest BCUT2D eigenvalue weighted by molar-refractivity contribution is 0.110. The summed E-state index contributed by atoms with van der Waals surface area (Å²) in [5, 5.41) is -0.940. The lowest BCUT2D eigenvalue weighted by atomic mass is 10.1. The van der Waals surface area contributed by atoms with E-state index in [9.17, 15) is 18.4 Å². The van der Waals surface area contributed by atoms with Crippen LogP contribution in [0.2, 0.25) is 10.0 Å². The van der Waals surface area contributed by atoms with Crippen molar-refractivity contribution >= 4 is 35.8 Å². The van der Waals surface area contributed by atoms with Crippen LogP contribution in [0, 0.1) is 11.6 Å². The van der Waals surface area contributed by atoms with Crippen molar-refractivity contribution in [3.8, 4) is 0 Å². The van der Waals surface area contributed by atoms with E-state index in [1.54, 1.807) is 0 Å². The maximum absolute atomic E-state index is 13.0. The van der Waals surface area contributed by atoms with E-state index >= 15 is 0 Å². The summed E-state index contributed by atoms with van der Waals surface area (Å²) >= 11 is 10.9. The lowest BCUT2D eigenvalue weighted by Gasteiger charge is -2.05. The Hall–Kier alpha value is -1.00. The van der Waals surface area contributed by atoms with Crippen LogP contribution in [0.3, 0.4) is 0 Å². The first kappa shape index (κ1) is 11.1. The summed E-state index contributed by atoms with van der Waals surface area (Å²) in [6, 6.07) is 0. The molecule has 0 aliphatic heterocycles. The molecule has 6 heteroatoms. The maximum atomic E-state index is 13.0. The zero-order valence-electron chi connectivity index (χ0n) is 6.48. The van der Waals surface area contributed by atoms with E-state index in [0.717, 1.165) is 0 Å². The van der Waals surface area contributed by atoms with Gasteiger partial charge in [0.05, 0.1) is 21.2 Å². The monoisotopic (exact) mass is 238 g/mol. The van der Waals surface area contributed by atoms with Gasteiger partial charge in [0.1, 0.15) is 0 Å². The lowest BCUT2D eigenvalue weighted by Crippen LogP contribution is -2.01. The molecule has 0 spiro atoms. The molecule has 0 N–H and O–H groups in total. The molecule has 0 aliphatic rings. The van der Waals surface area contributed by atoms with Crippen LogP contribution in [0.4, 0.5) is 8.78 Å². The number of aldehydes is 2. The minimum absolute atomic E-state index is 0.0290. The molecule has 0 amide bonds. The van der Waals surface area contributed by atoms with E-state index in [1.807, 2.05) is 0 Å². The van der Waals surface area contributed by atoms with Gasteiger partial charge in [-0.15, -0.1) is 0 Å². The van der Waals surface area contributed by atoms with E-state index < -0.39 is 32.8 Å². The third-order valence-corrected chi connectivity index (χ3v) is 2.45. The normalized spacial score (nSPS) is 10.0. The second-order valence-electron chi connectivity index (χ2n) is 2.32. The van der Waals surface area contributed by atoms with E-state index in [2.05, 4.69) is 0 Å². The third-order valence-electron chi connectivity index (χ3n) is 1.57. The minimum Gasteiger partial charge on any atom is -0.298 e. The summed E-state index contributed by atoms with van der Waals surface area (Å²) in [5.41, 5.74) is -1.39. The van der Waals surface area contributed by atoms with E-state index in [-0.39, 0.29) is 12.6 Å². The summed E-state index contributed by atoms with van der Waals surface area (Å²) in [4.78, 5) is 20.6. The Kier molecular flexibility index (Phi) is 3.18. The SMILES string of the molecule is O=Cc1c(F)c(F)c(C=O)c(Cl)c1Cl. The van der Waals surface area contributed by atoms with Gasteiger partial charge in [-0.3, -0.25) is 9.59 Å². The molecule has 74 valence electrons. The van der Waals surface area contributed by atoms with Crippen molar-refractivity contribution in [1.29, 1.82) is 0 Å². The molecule has 2 nitrogen and oxygen atoms in total. The first-order chi connectivity index (χ1) is 6.54. The fraction of sp³-hybridized carbons (Fsp3) is 0. The molecule has 0 saturated heterocycles. The molecule has 0 aliphatic carbocycles. The molecule has 0 atom stereocenters. The molecule has 0 aromatic heterocycles. The summed E-state index contributed by atoms with van der Waals surface area (Å²) in [6.07, 6.45) is 0.0580. The van der Waals surface area contributed by atoms with Crippen LogP contribution < -0.4 is 0 Å². The molecule has 0 saturated carbocycles. The van der Waals surface area contributed by atoms with Crippen LogP contribution in [-0.4, -0.2) is 12.6 Å². The molecule has 14 heavy (non-hydrogen) atoms. The first-order valence-corrected chi connectivity index (χ1v) is 4.06. The number of rotatable bonds is 2. The number of hydrogen-bond acceptors (Lipinski definition) is 2. The van der Waals surface area contributed by atoms with Crippen LogP contribution in [0.5, 0.6) is 0 Å². The Bertz CT molecular complexity index is 350. The molecule has 1 aromatic carbocycles. The van der Waals surface area contributed by atoms with Gasteiger partial charge in [-0.2, -0.15) is 0 Å². The fourth-order valence-electron chi connectivity index (χ4n) is 0.873. The summed E-state index contributed by atoms with van der Waals surface area (Å²) in [6.45, 7) is 0. The van der Waals surface area contributed by atoms with Crippen molar-refractivity contribution in [3.63, 3.8) is 0 Å². The van der Waals surface area contributed by atoms with Gasteiger partial charge in [0, 0.05) is 0 Å². The Morgan fingerprint density at radius 2 is 1.14 bits per heavy atom. The smallest absolute Gasteiger partial charge is 0.171 e. The van der Waals surface area contributed by atoms with Gasteiger partial charge < -0.3 is 0 Å². The standard InChI is InChI=1S/C8H2Cl2F2O2/c9-5-3(1-13)7(11)8(12)4(2-14)6(5)10/h1-2H. The minimum atomic E-state index is -1.48. The van der Waals surface area contributed by atoms with Gasteiger partial charge in [-0.1, -0.05) is 23.2 Å². The highest BCUT2D eigenvalue weighted by molar-refractivity contribution is 6.44. The van der Waals surface area contributed by atoms with E-state index in [4.69, 9.17) is 23.2 Å². The van der Waals surface area contributed by atoms with Gasteiger partial charge in [-0.05, 0) is 0 Å². The van der Waals surface area contributed by atoms with Gasteiger partial charge in [-0.25, -0.2) is 8.78 Å². The molecule has 0 unspecified atom stereocenters. The molecular formula is C8H2Cl2F2O2. The van der Waals surface area contributed by atoms with Crippen LogP contribution in [0.1, 0.15) is 20.7 Å². The molecule has 0 fully saturated rings. The van der Waals surface area contributed by atoms with Crippen molar-refractivity contribution in [1.82, 2.24) is 0 Å². The Morgan fingerprint density at radius 3 is 1.36 bits per heavy atom. The number of halogens is 4. The highest BCUT2D eigenvalue weighted by Gasteiger charge is 2.21. The van der Waals surface area contributed by atoms with Gasteiger partial charge in [0.2, 0.25) is 0 Å². The van der Waals surface area contributed by atoms with Crippen LogP contribution >= 0.6 is 23.2 Å². The summed E-state index contributed by atoms with van der Waals surface area (Å²) in [7, 11) is 0. The largest absolute Gasteiger partial charge is 0.298 e. The average Bonchev–Trinajstić information content (AvgIpc) is 2.17. The molecule has 0 heterocycles. The maximum Gasteiger partial charge on any atom is 0.171 e. The van der Waals surface area contributed by atoms with Crippen LogP contribution in [-0.2, 0) is 0 Å². The molecule has 1 rings (SSSR count). The molecule has 1 aromatic rings. The van der Waals surface area contributed by atoms with Crippen molar-refractivity contribution in [2.24, 2.45) is 0 Å². The van der Waals surface area contributed by atoms with Crippen molar-refractivity contribution < 1.29 is 18.4 Å². The zero-order chi connectivity index (χ0) is 10.9. The van der Waals surface area contributed by atoms with Crippen molar-refractivity contribution in [2.45, 2.75) is 0 Å². The van der Waals surface area contributed by atoms with Crippen molar-refractivity contribution in [3.05, 3.63) is 32.8 Å². The van der Waals surface area contributed by atoms with Crippen LogP contribution in [0.15, 0.2) is 0 Å². The molecule has 0 radical (unpaired) electrons. The Morgan fingerprint density at radius 1 is 0.857 bits per heavy atom. The molecular weight excluding hydrogens is 237 g/mol. The van der Waals surface area contributed by atoms with E-state index in [0.29, 0.717) is 0 Å².